The van der Waals surface area contributed by atoms with Gasteiger partial charge in [0.25, 0.3) is 34.7 Å². The van der Waals surface area contributed by atoms with Gasteiger partial charge in [0.1, 0.15) is 0 Å². The minimum Gasteiger partial charge on any atom is -0.869 e. The Morgan fingerprint density at radius 2 is 0.276 bits per heavy atom. The van der Waals surface area contributed by atoms with Crippen LogP contribution in [0.25, 0.3) is 0 Å². The topological polar surface area (TPSA) is 296 Å². The molecule has 0 aromatic heterocycles. The summed E-state index contributed by atoms with van der Waals surface area (Å²) >= 11 is 0. The van der Waals surface area contributed by atoms with Gasteiger partial charge in [-0.15, -0.1) is 0 Å². The fraction of sp³-hybridized carbons (Fsp3) is 0.571. The Bertz CT molecular complexity index is 2030. The third kappa shape index (κ3) is 74.0. The summed E-state index contributed by atoms with van der Waals surface area (Å²) in [6.07, 6.45) is -71.7. The summed E-state index contributed by atoms with van der Waals surface area (Å²) in [5.41, 5.74) is 0. The van der Waals surface area contributed by atoms with Gasteiger partial charge in [0.15, 0.2) is 0 Å². The molecule has 0 aliphatic heterocycles. The molecule has 0 aromatic rings. The van der Waals surface area contributed by atoms with Crippen molar-refractivity contribution in [2.75, 3.05) is 82.3 Å². The summed E-state index contributed by atoms with van der Waals surface area (Å²) in [6, 6.07) is 0. The van der Waals surface area contributed by atoms with E-state index in [0.717, 1.165) is 0 Å². The molecule has 0 saturated heterocycles. The molecule has 0 bridgehead atoms. The van der Waals surface area contributed by atoms with Crippen LogP contribution in [-0.2, 0) is 57.2 Å². The van der Waals surface area contributed by atoms with Crippen molar-refractivity contribution < 1.29 is 329 Å². The van der Waals surface area contributed by atoms with Crippen molar-refractivity contribution >= 4 is 34.7 Å². The van der Waals surface area contributed by atoms with E-state index in [1.54, 1.807) is 42.7 Å². The molecular formula is C42H36Ce2F36O18. The number of halogens is 36. The fourth-order valence-corrected chi connectivity index (χ4v) is 2.20. The number of ketones is 6. The number of methoxy groups -OCH3 is 6. The second-order valence-electron chi connectivity index (χ2n) is 14.2. The SMILES string of the molecule is COCCOC.COCCOC.COCCOC.O=C(/C=C(\[O-])C(F)(F)F)C(F)(F)F.O=C(/C=C(\[O-])C(F)(F)F)C(F)(F)F.O=C(/C=C(\[O-])C(F)(F)F)C(F)(F)F.O=C(/C=C(\[O-])C(F)(F)F)C(F)(F)F.O=C(/C=C(\[O-])C(F)(F)F)C(F)(F)F.O=C(/C=C(\[O-])C(F)(F)F)C(F)(F)F.[Ce+3].[Ce+3]. The molecule has 56 heteroatoms. The van der Waals surface area contributed by atoms with E-state index in [0.29, 0.717) is 39.6 Å². The summed E-state index contributed by atoms with van der Waals surface area (Å²) < 4.78 is 435. The second kappa shape index (κ2) is 52.3. The maximum atomic E-state index is 11.3. The van der Waals surface area contributed by atoms with Crippen LogP contribution in [0.3, 0.4) is 0 Å². The molecule has 572 valence electrons. The smallest absolute Gasteiger partial charge is 0.869 e. The fourth-order valence-electron chi connectivity index (χ4n) is 2.20. The van der Waals surface area contributed by atoms with Crippen molar-refractivity contribution in [3.63, 3.8) is 0 Å². The maximum Gasteiger partial charge on any atom is 3.00 e. The van der Waals surface area contributed by atoms with E-state index in [2.05, 4.69) is 28.4 Å². The molecule has 0 atom stereocenters. The summed E-state index contributed by atoms with van der Waals surface area (Å²) in [7, 11) is 9.91. The van der Waals surface area contributed by atoms with Gasteiger partial charge in [-0.25, -0.2) is 0 Å². The monoisotopic (exact) mass is 1790 g/mol. The number of hydrogen-bond acceptors (Lipinski definition) is 18. The van der Waals surface area contributed by atoms with Crippen molar-refractivity contribution in [2.45, 2.75) is 74.1 Å². The zero-order valence-corrected chi connectivity index (χ0v) is 53.9. The van der Waals surface area contributed by atoms with Crippen LogP contribution in [0.15, 0.2) is 71.0 Å². The van der Waals surface area contributed by atoms with Crippen LogP contribution in [0.5, 0.6) is 0 Å². The van der Waals surface area contributed by atoms with E-state index in [-0.39, 0.29) is 83.5 Å². The van der Waals surface area contributed by atoms with Crippen molar-refractivity contribution in [1.82, 2.24) is 0 Å². The molecule has 0 saturated carbocycles. The molecule has 98 heavy (non-hydrogen) atoms. The summed E-state index contributed by atoms with van der Waals surface area (Å²) in [6.45, 7) is 4.15. The van der Waals surface area contributed by atoms with Gasteiger partial charge >= 0.3 is 158 Å². The van der Waals surface area contributed by atoms with E-state index in [4.69, 9.17) is 0 Å². The minimum atomic E-state index is -5.46. The van der Waals surface area contributed by atoms with E-state index in [1.165, 1.54) is 0 Å². The first-order valence-electron chi connectivity index (χ1n) is 21.4. The molecule has 0 heterocycles. The Labute approximate surface area is 588 Å². The first-order valence-corrected chi connectivity index (χ1v) is 21.4. The van der Waals surface area contributed by atoms with Crippen LogP contribution in [0.4, 0.5) is 158 Å². The third-order valence-corrected chi connectivity index (χ3v) is 6.40. The normalized spacial score (nSPS) is 13.2. The number of alkyl halides is 36. The molecule has 0 aromatic carbocycles. The molecule has 0 unspecified atom stereocenters. The Morgan fingerprint density at radius 3 is 0.316 bits per heavy atom. The average Bonchev–Trinajstić information content (AvgIpc) is 0.966. The second-order valence-corrected chi connectivity index (χ2v) is 14.2. The predicted octanol–water partition coefficient (Wildman–Crippen LogP) is 6.38. The number of carbonyl (C=O) groups is 6. The Balaban J connectivity index is -0.0000000976. The Morgan fingerprint density at radius 1 is 0.204 bits per heavy atom. The molecule has 2 radical (unpaired) electrons. The Kier molecular flexibility index (Phi) is 62.5. The van der Waals surface area contributed by atoms with Crippen molar-refractivity contribution in [3.05, 3.63) is 71.0 Å². The van der Waals surface area contributed by atoms with Crippen LogP contribution < -0.4 is 30.6 Å². The number of carbonyl (C=O) groups excluding carboxylic acids is 6. The largest absolute Gasteiger partial charge is 3.00 e. The van der Waals surface area contributed by atoms with E-state index >= 15 is 0 Å². The Hall–Kier alpha value is -4.75. The van der Waals surface area contributed by atoms with E-state index in [1.807, 2.05) is 0 Å². The number of allylic oxidation sites excluding steroid dienone is 12. The van der Waals surface area contributed by atoms with Gasteiger partial charge in [-0.05, 0) is 71.0 Å². The first kappa shape index (κ1) is 117. The zero-order chi connectivity index (χ0) is 79.7. The molecule has 0 amide bonds. The standard InChI is InChI=1S/6C5H2F6O2.3C4H10O2.2Ce/c6*6-4(7,8)2(12)1-3(13)5(9,10)11;3*1-5-3-4-6-2;;/h6*1,12H;3*3-4H2,1-2H3;;/q;;;;;;;;;2*+3/p-6/b6*2-1-;;;;;. The molecule has 18 nitrogen and oxygen atoms in total. The predicted molar refractivity (Wildman–Crippen MR) is 222 cm³/mol. The molecule has 0 N–H and O–H groups in total. The van der Waals surface area contributed by atoms with Crippen LogP contribution >= 0.6 is 0 Å². The molecule has 0 aliphatic rings. The molecule has 0 rings (SSSR count). The molecule has 0 fully saturated rings. The molecule has 0 aliphatic carbocycles. The van der Waals surface area contributed by atoms with Gasteiger partial charge in [-0.3, -0.25) is 28.8 Å². The minimum absolute atomic E-state index is 0. The van der Waals surface area contributed by atoms with Crippen LogP contribution in [0.2, 0.25) is 0 Å². The van der Waals surface area contributed by atoms with Crippen LogP contribution in [0, 0.1) is 83.5 Å². The third-order valence-electron chi connectivity index (χ3n) is 6.40. The first-order chi connectivity index (χ1) is 42.0. The summed E-state index contributed by atoms with van der Waals surface area (Å²) in [5, 5.41) is 58.9. The van der Waals surface area contributed by atoms with Crippen molar-refractivity contribution in [3.8, 4) is 0 Å². The quantitative estimate of drug-likeness (QED) is 0.0743. The van der Waals surface area contributed by atoms with Crippen LogP contribution in [0.1, 0.15) is 0 Å². The van der Waals surface area contributed by atoms with Gasteiger partial charge in [0, 0.05) is 42.7 Å². The van der Waals surface area contributed by atoms with Crippen molar-refractivity contribution in [1.29, 1.82) is 0 Å². The van der Waals surface area contributed by atoms with E-state index < -0.39 is 180 Å². The average molecular weight is 1790 g/mol. The van der Waals surface area contributed by atoms with Gasteiger partial charge in [0.05, 0.1) is 39.6 Å². The van der Waals surface area contributed by atoms with Gasteiger partial charge in [-0.2, -0.15) is 158 Å². The summed E-state index contributed by atoms with van der Waals surface area (Å²) in [4.78, 5) is 58.9. The molecular weight excluding hydrogens is 1760 g/mol. The zero-order valence-electron chi connectivity index (χ0n) is 47.7. The van der Waals surface area contributed by atoms with E-state index in [9.17, 15) is 217 Å². The number of rotatable bonds is 15. The maximum absolute atomic E-state index is 11.3. The number of ether oxygens (including phenoxy) is 6. The summed E-state index contributed by atoms with van der Waals surface area (Å²) in [5.74, 6) is -33.9. The number of hydrogen-bond donors (Lipinski definition) is 0. The van der Waals surface area contributed by atoms with Crippen LogP contribution in [-0.4, -0.2) is 191 Å². The van der Waals surface area contributed by atoms with Gasteiger partial charge < -0.3 is 59.1 Å². The molecule has 0 spiro atoms. The van der Waals surface area contributed by atoms with Gasteiger partial charge in [0.2, 0.25) is 0 Å². The van der Waals surface area contributed by atoms with Crippen molar-refractivity contribution in [2.24, 2.45) is 0 Å². The van der Waals surface area contributed by atoms with Gasteiger partial charge in [-0.1, -0.05) is 0 Å².